The van der Waals surface area contributed by atoms with Crippen molar-refractivity contribution in [2.24, 2.45) is 0 Å². The van der Waals surface area contributed by atoms with Crippen LogP contribution < -0.4 is 10.8 Å². The van der Waals surface area contributed by atoms with Crippen molar-refractivity contribution in [3.8, 4) is 0 Å². The van der Waals surface area contributed by atoms with Crippen LogP contribution in [0, 0.1) is 44.5 Å². The average Bonchev–Trinajstić information content (AvgIpc) is 3.05. The van der Waals surface area contributed by atoms with Crippen molar-refractivity contribution in [2.45, 2.75) is 27.3 Å². The van der Waals surface area contributed by atoms with Crippen LogP contribution in [0.2, 0.25) is 0 Å². The number of fused-ring (bicyclic) bond motifs is 1. The van der Waals surface area contributed by atoms with E-state index in [2.05, 4.69) is 43.9 Å². The maximum Gasteiger partial charge on any atom is 0.154 e. The van der Waals surface area contributed by atoms with Crippen LogP contribution in [0.3, 0.4) is 0 Å². The van der Waals surface area contributed by atoms with Gasteiger partial charge in [-0.3, -0.25) is 4.98 Å². The van der Waals surface area contributed by atoms with Crippen molar-refractivity contribution in [1.82, 2.24) is 4.98 Å². The van der Waals surface area contributed by atoms with Crippen LogP contribution in [0.25, 0.3) is 5.57 Å². The van der Waals surface area contributed by atoms with Crippen LogP contribution in [0.15, 0.2) is 34.4 Å². The molecule has 3 nitrogen and oxygen atoms in total. The fourth-order valence-electron chi connectivity index (χ4n) is 2.56. The number of allylic oxidation sites excluding steroid dienone is 2. The van der Waals surface area contributed by atoms with E-state index >= 15 is 0 Å². The summed E-state index contributed by atoms with van der Waals surface area (Å²) in [6, 6.07) is 5.96. The smallest absolute Gasteiger partial charge is 0.154 e. The Bertz CT molecular complexity index is 665. The second-order valence-electron chi connectivity index (χ2n) is 5.02. The predicted molar refractivity (Wildman–Crippen MR) is 83.0 cm³/mol. The summed E-state index contributed by atoms with van der Waals surface area (Å²) < 4.78 is 5.36. The topological polar surface area (TPSA) is 38.1 Å². The number of aryl methyl sites for hydroxylation is 1. The molecule has 3 heterocycles. The number of rotatable bonds is 4. The molecule has 2 aromatic heterocycles. The van der Waals surface area contributed by atoms with Gasteiger partial charge in [0.2, 0.25) is 0 Å². The molecule has 0 spiro atoms. The largest absolute Gasteiger partial charge is 0.467 e. The maximum absolute atomic E-state index is 5.36. The van der Waals surface area contributed by atoms with E-state index in [9.17, 15) is 0 Å². The molecule has 0 fully saturated rings. The molecule has 1 radical (unpaired) electrons. The number of aromatic nitrogens is 1. The van der Waals surface area contributed by atoms with Gasteiger partial charge in [-0.1, -0.05) is 5.46 Å². The number of hydrogen-bond donors (Lipinski definition) is 1. The van der Waals surface area contributed by atoms with Gasteiger partial charge in [0, 0.05) is 42.5 Å². The van der Waals surface area contributed by atoms with Gasteiger partial charge in [0.15, 0.2) is 7.28 Å². The average molecular weight is 502 g/mol. The standard InChI is InChI=1S/C16H17BN2O.U/c1-4-13-11(3)16-15(17-13)14(8-10(2)19-16)18-9-12-6-5-7-20-12;/h4-8H,9H2,1-3H3,(H,18,19);/q-1;. The van der Waals surface area contributed by atoms with Crippen molar-refractivity contribution in [3.63, 3.8) is 0 Å². The number of anilines is 1. The van der Waals surface area contributed by atoms with Gasteiger partial charge in [-0.05, 0) is 30.8 Å². The van der Waals surface area contributed by atoms with Gasteiger partial charge in [0.25, 0.3) is 0 Å². The molecular weight excluding hydrogens is 485 g/mol. The van der Waals surface area contributed by atoms with E-state index in [1.165, 1.54) is 16.5 Å². The summed E-state index contributed by atoms with van der Waals surface area (Å²) in [6.07, 6.45) is 3.82. The van der Waals surface area contributed by atoms with E-state index in [4.69, 9.17) is 4.42 Å². The molecule has 1 aliphatic rings. The summed E-state index contributed by atoms with van der Waals surface area (Å²) >= 11 is 0. The molecule has 0 unspecified atom stereocenters. The van der Waals surface area contributed by atoms with Gasteiger partial charge in [0.1, 0.15) is 5.76 Å². The fraction of sp³-hybridized carbons (Fsp3) is 0.250. The summed E-state index contributed by atoms with van der Waals surface area (Å²) in [7, 11) is 2.20. The summed E-state index contributed by atoms with van der Waals surface area (Å²) in [4.78, 5) is 4.67. The third kappa shape index (κ3) is 3.25. The van der Waals surface area contributed by atoms with Crippen molar-refractivity contribution < 1.29 is 35.5 Å². The molecule has 3 rings (SSSR count). The Morgan fingerprint density at radius 3 is 2.86 bits per heavy atom. The summed E-state index contributed by atoms with van der Waals surface area (Å²) in [5.41, 5.74) is 6.88. The zero-order valence-corrected chi connectivity index (χ0v) is 16.7. The molecule has 0 atom stereocenters. The Hall–Kier alpha value is -1.04. The van der Waals surface area contributed by atoms with Gasteiger partial charge in [-0.15, -0.1) is 13.8 Å². The Balaban J connectivity index is 0.00000161. The van der Waals surface area contributed by atoms with Crippen LogP contribution >= 0.6 is 0 Å². The van der Waals surface area contributed by atoms with Gasteiger partial charge in [0.05, 0.1) is 12.8 Å². The molecule has 0 amide bonds. The van der Waals surface area contributed by atoms with Crippen LogP contribution in [0.1, 0.15) is 31.0 Å². The molecule has 0 saturated heterocycles. The summed E-state index contributed by atoms with van der Waals surface area (Å²) in [5, 5.41) is 3.45. The molecule has 1 N–H and O–H groups in total. The first-order valence-corrected chi connectivity index (χ1v) is 6.82. The van der Waals surface area contributed by atoms with Crippen LogP contribution in [0.5, 0.6) is 0 Å². The second-order valence-corrected chi connectivity index (χ2v) is 5.02. The Labute approximate surface area is 150 Å². The van der Waals surface area contributed by atoms with Gasteiger partial charge in [-0.25, -0.2) is 11.9 Å². The van der Waals surface area contributed by atoms with Crippen molar-refractivity contribution in [2.75, 3.05) is 5.32 Å². The van der Waals surface area contributed by atoms with Crippen LogP contribution in [-0.2, 0) is 6.54 Å². The Kier molecular flexibility index (Phi) is 5.30. The number of nitrogens with zero attached hydrogens (tertiary/aromatic N) is 1. The molecule has 0 saturated carbocycles. The van der Waals surface area contributed by atoms with E-state index in [0.29, 0.717) is 6.54 Å². The first-order chi connectivity index (χ1) is 9.69. The Morgan fingerprint density at radius 2 is 2.19 bits per heavy atom. The maximum atomic E-state index is 5.36. The number of hydrogen-bond acceptors (Lipinski definition) is 3. The van der Waals surface area contributed by atoms with E-state index in [1.54, 1.807) is 6.26 Å². The third-order valence-electron chi connectivity index (χ3n) is 3.62. The van der Waals surface area contributed by atoms with E-state index in [-0.39, 0.29) is 31.1 Å². The monoisotopic (exact) mass is 502 g/mol. The fourth-order valence-corrected chi connectivity index (χ4v) is 2.56. The SMILES string of the molecule is C[CH-]C1=C(C)c2nc(C)cc(NCc3ccco3)c2[B]1.[U]. The molecule has 0 aliphatic carbocycles. The van der Waals surface area contributed by atoms with E-state index in [1.807, 2.05) is 19.1 Å². The molecule has 0 bridgehead atoms. The molecule has 21 heavy (non-hydrogen) atoms. The molecule has 2 aromatic rings. The van der Waals surface area contributed by atoms with Crippen molar-refractivity contribution in [1.29, 1.82) is 0 Å². The van der Waals surface area contributed by atoms with Crippen molar-refractivity contribution in [3.05, 3.63) is 53.5 Å². The molecule has 5 heteroatoms. The predicted octanol–water partition coefficient (Wildman–Crippen LogP) is 2.89. The first-order valence-electron chi connectivity index (χ1n) is 6.82. The second kappa shape index (κ2) is 6.81. The molecular formula is C16H17BN2OU-. The minimum absolute atomic E-state index is 0. The normalized spacial score (nSPS) is 12.5. The minimum Gasteiger partial charge on any atom is -0.467 e. The summed E-state index contributed by atoms with van der Waals surface area (Å²) in [6.45, 7) is 6.89. The van der Waals surface area contributed by atoms with Crippen LogP contribution in [0.4, 0.5) is 5.69 Å². The van der Waals surface area contributed by atoms with Crippen LogP contribution in [-0.4, -0.2) is 12.3 Å². The van der Waals surface area contributed by atoms with Gasteiger partial charge < -0.3 is 9.73 Å². The van der Waals surface area contributed by atoms with E-state index in [0.717, 1.165) is 22.8 Å². The zero-order valence-electron chi connectivity index (χ0n) is 12.5. The van der Waals surface area contributed by atoms with Gasteiger partial charge >= 0.3 is 0 Å². The third-order valence-corrected chi connectivity index (χ3v) is 3.62. The number of nitrogens with one attached hydrogen (secondary N) is 1. The first kappa shape index (κ1) is 16.3. The van der Waals surface area contributed by atoms with Crippen molar-refractivity contribution >= 4 is 24.0 Å². The molecule has 1 aliphatic heterocycles. The minimum atomic E-state index is 0. The quantitative estimate of drug-likeness (QED) is 0.517. The number of pyridine rings is 1. The van der Waals surface area contributed by atoms with Gasteiger partial charge in [-0.2, -0.15) is 5.57 Å². The zero-order chi connectivity index (χ0) is 14.1. The summed E-state index contributed by atoms with van der Waals surface area (Å²) in [5.74, 6) is 0.929. The number of furan rings is 1. The van der Waals surface area contributed by atoms with E-state index < -0.39 is 0 Å². The Morgan fingerprint density at radius 1 is 1.38 bits per heavy atom. The molecule has 105 valence electrons. The molecule has 0 aromatic carbocycles.